The van der Waals surface area contributed by atoms with Gasteiger partial charge in [-0.2, -0.15) is 11.3 Å². The molecule has 2 unspecified atom stereocenters. The van der Waals surface area contributed by atoms with Gasteiger partial charge in [0.25, 0.3) is 5.91 Å². The molecular formula is C23H28N2O3S. The molecule has 29 heavy (non-hydrogen) atoms. The van der Waals surface area contributed by atoms with Crippen molar-refractivity contribution < 1.29 is 14.3 Å². The average molecular weight is 413 g/mol. The van der Waals surface area contributed by atoms with Crippen LogP contribution in [-0.2, 0) is 4.79 Å². The van der Waals surface area contributed by atoms with Gasteiger partial charge in [-0.1, -0.05) is 18.2 Å². The molecule has 2 saturated heterocycles. The largest absolute Gasteiger partial charge is 0.493 e. The highest BCUT2D eigenvalue weighted by molar-refractivity contribution is 7.08. The van der Waals surface area contributed by atoms with Crippen molar-refractivity contribution in [2.24, 2.45) is 17.8 Å². The summed E-state index contributed by atoms with van der Waals surface area (Å²) in [5.74, 6) is 2.45. The molecule has 1 aromatic carbocycles. The second kappa shape index (κ2) is 8.99. The number of amides is 2. The first kappa shape index (κ1) is 20.0. The van der Waals surface area contributed by atoms with E-state index in [-0.39, 0.29) is 11.8 Å². The lowest BCUT2D eigenvalue weighted by atomic mass is 9.78. The van der Waals surface area contributed by atoms with Crippen molar-refractivity contribution in [3.8, 4) is 5.75 Å². The van der Waals surface area contributed by atoms with Crippen LogP contribution in [0.5, 0.6) is 5.75 Å². The first-order valence-corrected chi connectivity index (χ1v) is 11.3. The molecule has 3 heterocycles. The number of rotatable bonds is 5. The number of nitrogens with zero attached hydrogens (tertiary/aromatic N) is 2. The number of hydrogen-bond acceptors (Lipinski definition) is 4. The lowest BCUT2D eigenvalue weighted by Gasteiger charge is -2.36. The lowest BCUT2D eigenvalue weighted by Crippen LogP contribution is -2.41. The smallest absolute Gasteiger partial charge is 0.254 e. The van der Waals surface area contributed by atoms with E-state index in [2.05, 4.69) is 0 Å². The van der Waals surface area contributed by atoms with E-state index in [1.165, 1.54) is 0 Å². The molecule has 0 bridgehead atoms. The number of thiophene rings is 1. The standard InChI is InChI=1S/C23H28N2O3S/c1-17(26)25-13-20(15-28-21-5-3-2-4-6-21)22(14-25)18-7-10-24(11-8-18)23(27)19-9-12-29-16-19/h2-6,9,12,16,18,20,22H,7-8,10-11,13-15H2,1H3. The third kappa shape index (κ3) is 4.64. The number of carbonyl (C=O) groups is 2. The molecule has 0 radical (unpaired) electrons. The number of ether oxygens (including phenoxy) is 1. The minimum Gasteiger partial charge on any atom is -0.493 e. The van der Waals surface area contributed by atoms with E-state index in [9.17, 15) is 9.59 Å². The minimum absolute atomic E-state index is 0.141. The van der Waals surface area contributed by atoms with Crippen molar-refractivity contribution >= 4 is 23.2 Å². The number of likely N-dealkylation sites (tertiary alicyclic amines) is 2. The maximum absolute atomic E-state index is 12.6. The van der Waals surface area contributed by atoms with Crippen molar-refractivity contribution in [2.75, 3.05) is 32.8 Å². The summed E-state index contributed by atoms with van der Waals surface area (Å²) in [4.78, 5) is 28.6. The third-order valence-electron chi connectivity index (χ3n) is 6.34. The SMILES string of the molecule is CC(=O)N1CC(COc2ccccc2)C(C2CCN(C(=O)c3ccsc3)CC2)C1. The van der Waals surface area contributed by atoms with Crippen LogP contribution in [-0.4, -0.2) is 54.4 Å². The molecule has 4 rings (SSSR count). The Bertz CT molecular complexity index is 816. The first-order valence-electron chi connectivity index (χ1n) is 10.4. The Hall–Kier alpha value is -2.34. The Balaban J connectivity index is 1.37. The van der Waals surface area contributed by atoms with Gasteiger partial charge in [0.05, 0.1) is 12.2 Å². The molecule has 6 heteroatoms. The zero-order chi connectivity index (χ0) is 20.2. The van der Waals surface area contributed by atoms with E-state index < -0.39 is 0 Å². The predicted octanol–water partition coefficient (Wildman–Crippen LogP) is 3.77. The molecule has 0 spiro atoms. The molecule has 2 amide bonds. The van der Waals surface area contributed by atoms with Crippen molar-refractivity contribution in [2.45, 2.75) is 19.8 Å². The van der Waals surface area contributed by atoms with Crippen LogP contribution in [0.25, 0.3) is 0 Å². The van der Waals surface area contributed by atoms with Crippen LogP contribution < -0.4 is 4.74 Å². The van der Waals surface area contributed by atoms with E-state index in [4.69, 9.17) is 4.74 Å². The molecule has 5 nitrogen and oxygen atoms in total. The molecule has 2 aromatic rings. The molecule has 2 aliphatic heterocycles. The van der Waals surface area contributed by atoms with Gasteiger partial charge in [-0.25, -0.2) is 0 Å². The number of para-hydroxylation sites is 1. The van der Waals surface area contributed by atoms with E-state index in [1.54, 1.807) is 18.3 Å². The van der Waals surface area contributed by atoms with Gasteiger partial charge in [0, 0.05) is 44.4 Å². The molecule has 0 N–H and O–H groups in total. The highest BCUT2D eigenvalue weighted by Crippen LogP contribution is 2.36. The van der Waals surface area contributed by atoms with Crippen LogP contribution in [0.2, 0.25) is 0 Å². The normalized spacial score (nSPS) is 22.7. The highest BCUT2D eigenvalue weighted by atomic mass is 32.1. The third-order valence-corrected chi connectivity index (χ3v) is 7.03. The van der Waals surface area contributed by atoms with Crippen LogP contribution in [0.1, 0.15) is 30.1 Å². The summed E-state index contributed by atoms with van der Waals surface area (Å²) in [6.45, 7) is 5.44. The Morgan fingerprint density at radius 3 is 2.48 bits per heavy atom. The molecule has 2 fully saturated rings. The van der Waals surface area contributed by atoms with Gasteiger partial charge in [0.15, 0.2) is 0 Å². The maximum atomic E-state index is 12.6. The molecule has 2 aliphatic rings. The van der Waals surface area contributed by atoms with Gasteiger partial charge in [0.2, 0.25) is 5.91 Å². The highest BCUT2D eigenvalue weighted by Gasteiger charge is 2.40. The number of benzene rings is 1. The van der Waals surface area contributed by atoms with E-state index >= 15 is 0 Å². The molecule has 154 valence electrons. The van der Waals surface area contributed by atoms with Crippen molar-refractivity contribution in [1.82, 2.24) is 9.80 Å². The molecule has 0 aliphatic carbocycles. The molecule has 0 saturated carbocycles. The van der Waals surface area contributed by atoms with Gasteiger partial charge in [-0.3, -0.25) is 9.59 Å². The predicted molar refractivity (Wildman–Crippen MR) is 114 cm³/mol. The zero-order valence-electron chi connectivity index (χ0n) is 16.8. The number of hydrogen-bond donors (Lipinski definition) is 0. The Kier molecular flexibility index (Phi) is 6.19. The summed E-state index contributed by atoms with van der Waals surface area (Å²) in [5.41, 5.74) is 0.797. The summed E-state index contributed by atoms with van der Waals surface area (Å²) in [6, 6.07) is 11.8. The second-order valence-corrected chi connectivity index (χ2v) is 8.89. The molecule has 2 atom stereocenters. The first-order chi connectivity index (χ1) is 14.1. The summed E-state index contributed by atoms with van der Waals surface area (Å²) in [6.07, 6.45) is 1.99. The Morgan fingerprint density at radius 1 is 1.07 bits per heavy atom. The number of carbonyl (C=O) groups excluding carboxylic acids is 2. The van der Waals surface area contributed by atoms with E-state index in [0.717, 1.165) is 50.3 Å². The fraction of sp³-hybridized carbons (Fsp3) is 0.478. The topological polar surface area (TPSA) is 49.9 Å². The number of piperidine rings is 1. The molecular weight excluding hydrogens is 384 g/mol. The molecule has 1 aromatic heterocycles. The van der Waals surface area contributed by atoms with E-state index in [1.807, 2.05) is 57.0 Å². The maximum Gasteiger partial charge on any atom is 0.254 e. The van der Waals surface area contributed by atoms with Gasteiger partial charge in [0.1, 0.15) is 5.75 Å². The van der Waals surface area contributed by atoms with Crippen molar-refractivity contribution in [3.05, 3.63) is 52.7 Å². The van der Waals surface area contributed by atoms with Crippen LogP contribution in [0.3, 0.4) is 0 Å². The van der Waals surface area contributed by atoms with Crippen molar-refractivity contribution in [1.29, 1.82) is 0 Å². The van der Waals surface area contributed by atoms with Gasteiger partial charge in [-0.15, -0.1) is 0 Å². The van der Waals surface area contributed by atoms with Gasteiger partial charge in [-0.05, 0) is 48.3 Å². The van der Waals surface area contributed by atoms with Crippen molar-refractivity contribution in [3.63, 3.8) is 0 Å². The zero-order valence-corrected chi connectivity index (χ0v) is 17.6. The van der Waals surface area contributed by atoms with Crippen LogP contribution in [0.4, 0.5) is 0 Å². The van der Waals surface area contributed by atoms with Crippen LogP contribution in [0, 0.1) is 17.8 Å². The van der Waals surface area contributed by atoms with E-state index in [0.29, 0.717) is 24.4 Å². The van der Waals surface area contributed by atoms with Crippen LogP contribution >= 0.6 is 11.3 Å². The monoisotopic (exact) mass is 412 g/mol. The summed E-state index contributed by atoms with van der Waals surface area (Å²) < 4.78 is 6.05. The summed E-state index contributed by atoms with van der Waals surface area (Å²) in [5, 5.41) is 3.87. The van der Waals surface area contributed by atoms with Gasteiger partial charge < -0.3 is 14.5 Å². The minimum atomic E-state index is 0.141. The fourth-order valence-electron chi connectivity index (χ4n) is 4.68. The Labute approximate surface area is 176 Å². The lowest BCUT2D eigenvalue weighted by molar-refractivity contribution is -0.128. The summed E-state index contributed by atoms with van der Waals surface area (Å²) in [7, 11) is 0. The van der Waals surface area contributed by atoms with Crippen LogP contribution in [0.15, 0.2) is 47.2 Å². The fourth-order valence-corrected chi connectivity index (χ4v) is 5.31. The summed E-state index contributed by atoms with van der Waals surface area (Å²) >= 11 is 1.56. The second-order valence-electron chi connectivity index (χ2n) is 8.11. The quantitative estimate of drug-likeness (QED) is 0.751. The van der Waals surface area contributed by atoms with Gasteiger partial charge >= 0.3 is 0 Å². The average Bonchev–Trinajstić information content (AvgIpc) is 3.43. The Morgan fingerprint density at radius 2 is 1.83 bits per heavy atom.